The van der Waals surface area contributed by atoms with E-state index in [0.29, 0.717) is 10.8 Å². The summed E-state index contributed by atoms with van der Waals surface area (Å²) >= 11 is 6.02. The molecule has 0 bridgehead atoms. The molecule has 3 rings (SSSR count). The molecule has 94 valence electrons. The molecule has 5 heteroatoms. The first kappa shape index (κ1) is 11.8. The van der Waals surface area contributed by atoms with Gasteiger partial charge in [-0.2, -0.15) is 5.26 Å². The molecule has 2 aromatic heterocycles. The van der Waals surface area contributed by atoms with Gasteiger partial charge in [-0.25, -0.2) is 4.98 Å². The van der Waals surface area contributed by atoms with Gasteiger partial charge in [-0.1, -0.05) is 0 Å². The van der Waals surface area contributed by atoms with Crippen LogP contribution in [0.15, 0.2) is 34.9 Å². The molecule has 0 radical (unpaired) electrons. The Morgan fingerprint density at radius 2 is 2.26 bits per heavy atom. The van der Waals surface area contributed by atoms with E-state index in [2.05, 4.69) is 11.1 Å². The molecule has 1 aromatic carbocycles. The maximum absolute atomic E-state index is 8.94. The Kier molecular flexibility index (Phi) is 2.77. The summed E-state index contributed by atoms with van der Waals surface area (Å²) in [7, 11) is 0. The van der Waals surface area contributed by atoms with E-state index in [1.165, 1.54) is 6.26 Å². The van der Waals surface area contributed by atoms with E-state index in [4.69, 9.17) is 21.3 Å². The van der Waals surface area contributed by atoms with Crippen LogP contribution in [0.25, 0.3) is 22.4 Å². The van der Waals surface area contributed by atoms with E-state index < -0.39 is 0 Å². The summed E-state index contributed by atoms with van der Waals surface area (Å²) in [6.07, 6.45) is 1.54. The third kappa shape index (κ3) is 1.79. The fourth-order valence-electron chi connectivity index (χ4n) is 2.18. The first-order valence-electron chi connectivity index (χ1n) is 5.88. The molecule has 2 heterocycles. The lowest BCUT2D eigenvalue weighted by Crippen LogP contribution is -1.96. The van der Waals surface area contributed by atoms with E-state index in [-0.39, 0.29) is 0 Å². The molecule has 0 saturated carbocycles. The van der Waals surface area contributed by atoms with Crippen molar-refractivity contribution in [1.29, 1.82) is 5.26 Å². The average Bonchev–Trinajstić information content (AvgIpc) is 3.00. The van der Waals surface area contributed by atoms with Gasteiger partial charge < -0.3 is 8.98 Å². The number of hydrogen-bond acceptors (Lipinski definition) is 3. The minimum absolute atomic E-state index is 0.325. The molecular formula is C14H10ClN3O. The molecular weight excluding hydrogens is 262 g/mol. The maximum atomic E-state index is 8.94. The number of nitriles is 1. The Balaban J connectivity index is 2.31. The Bertz CT molecular complexity index is 795. The van der Waals surface area contributed by atoms with Crippen molar-refractivity contribution in [1.82, 2.24) is 9.55 Å². The van der Waals surface area contributed by atoms with Crippen LogP contribution in [0, 0.1) is 11.3 Å². The summed E-state index contributed by atoms with van der Waals surface area (Å²) in [4.78, 5) is 4.56. The molecule has 0 unspecified atom stereocenters. The molecule has 0 spiro atoms. The second kappa shape index (κ2) is 4.45. The third-order valence-corrected chi connectivity index (χ3v) is 3.35. The fourth-order valence-corrected chi connectivity index (χ4v) is 2.38. The highest BCUT2D eigenvalue weighted by atomic mass is 35.5. The van der Waals surface area contributed by atoms with Crippen LogP contribution < -0.4 is 0 Å². The van der Waals surface area contributed by atoms with E-state index >= 15 is 0 Å². The summed E-state index contributed by atoms with van der Waals surface area (Å²) in [5.74, 6) is 0.756. The number of fused-ring (bicyclic) bond motifs is 1. The van der Waals surface area contributed by atoms with Gasteiger partial charge in [0.25, 0.3) is 0 Å². The maximum Gasteiger partial charge on any atom is 0.203 e. The van der Waals surface area contributed by atoms with Gasteiger partial charge >= 0.3 is 0 Å². The summed E-state index contributed by atoms with van der Waals surface area (Å²) in [5, 5.41) is 9.26. The molecule has 0 N–H and O–H groups in total. The highest BCUT2D eigenvalue weighted by Gasteiger charge is 2.16. The van der Waals surface area contributed by atoms with Crippen LogP contribution in [0.3, 0.4) is 0 Å². The van der Waals surface area contributed by atoms with Crippen LogP contribution in [-0.4, -0.2) is 9.55 Å². The summed E-state index contributed by atoms with van der Waals surface area (Å²) in [6, 6.07) is 9.38. The highest BCUT2D eigenvalue weighted by Crippen LogP contribution is 2.31. The van der Waals surface area contributed by atoms with Gasteiger partial charge in [0.15, 0.2) is 0 Å². The first-order valence-corrected chi connectivity index (χ1v) is 6.26. The van der Waals surface area contributed by atoms with Crippen molar-refractivity contribution in [2.24, 2.45) is 0 Å². The number of rotatable bonds is 2. The van der Waals surface area contributed by atoms with Crippen molar-refractivity contribution in [3.8, 4) is 17.5 Å². The largest absolute Gasteiger partial charge is 0.452 e. The SMILES string of the molecule is CCn1c(-c2ccoc2Cl)nc2cc(C#N)ccc21. The second-order valence-corrected chi connectivity index (χ2v) is 4.45. The highest BCUT2D eigenvalue weighted by molar-refractivity contribution is 6.31. The number of aromatic nitrogens is 2. The van der Waals surface area contributed by atoms with Gasteiger partial charge in [0.1, 0.15) is 5.82 Å². The Morgan fingerprint density at radius 3 is 2.89 bits per heavy atom. The summed E-state index contributed by atoms with van der Waals surface area (Å²) < 4.78 is 7.17. The molecule has 0 atom stereocenters. The van der Waals surface area contributed by atoms with E-state index in [0.717, 1.165) is 29.0 Å². The molecule has 3 aromatic rings. The number of nitrogens with zero attached hydrogens (tertiary/aromatic N) is 3. The van der Waals surface area contributed by atoms with Crippen molar-refractivity contribution in [2.75, 3.05) is 0 Å². The van der Waals surface area contributed by atoms with Crippen LogP contribution >= 0.6 is 11.6 Å². The van der Waals surface area contributed by atoms with Gasteiger partial charge in [0.2, 0.25) is 5.22 Å². The zero-order valence-electron chi connectivity index (χ0n) is 10.2. The van der Waals surface area contributed by atoms with Crippen molar-refractivity contribution in [3.63, 3.8) is 0 Å². The molecule has 0 aliphatic rings. The average molecular weight is 272 g/mol. The number of halogens is 1. The lowest BCUT2D eigenvalue weighted by atomic mass is 10.2. The Labute approximate surface area is 114 Å². The van der Waals surface area contributed by atoms with Gasteiger partial charge in [0.05, 0.1) is 34.5 Å². The van der Waals surface area contributed by atoms with E-state index in [1.54, 1.807) is 18.2 Å². The lowest BCUT2D eigenvalue weighted by Gasteiger charge is -2.04. The minimum atomic E-state index is 0.325. The number of hydrogen-bond donors (Lipinski definition) is 0. The van der Waals surface area contributed by atoms with Crippen LogP contribution in [0.5, 0.6) is 0 Å². The molecule has 4 nitrogen and oxygen atoms in total. The molecule has 0 saturated heterocycles. The fraction of sp³-hybridized carbons (Fsp3) is 0.143. The van der Waals surface area contributed by atoms with Gasteiger partial charge in [-0.15, -0.1) is 0 Å². The zero-order valence-corrected chi connectivity index (χ0v) is 11.0. The molecule has 0 aliphatic heterocycles. The summed E-state index contributed by atoms with van der Waals surface area (Å²) in [5.41, 5.74) is 3.12. The van der Waals surface area contributed by atoms with Gasteiger partial charge in [0, 0.05) is 6.54 Å². The number of aryl methyl sites for hydroxylation is 1. The lowest BCUT2D eigenvalue weighted by molar-refractivity contribution is 0.569. The smallest absolute Gasteiger partial charge is 0.203 e. The van der Waals surface area contributed by atoms with Crippen molar-refractivity contribution in [3.05, 3.63) is 41.3 Å². The van der Waals surface area contributed by atoms with Crippen molar-refractivity contribution < 1.29 is 4.42 Å². The van der Waals surface area contributed by atoms with Gasteiger partial charge in [-0.05, 0) is 42.8 Å². The minimum Gasteiger partial charge on any atom is -0.452 e. The molecule has 0 amide bonds. The number of benzene rings is 1. The number of imidazole rings is 1. The predicted octanol–water partition coefficient (Wildman–Crippen LogP) is 3.84. The molecule has 0 aliphatic carbocycles. The van der Waals surface area contributed by atoms with Gasteiger partial charge in [-0.3, -0.25) is 0 Å². The predicted molar refractivity (Wildman–Crippen MR) is 72.8 cm³/mol. The zero-order chi connectivity index (χ0) is 13.4. The monoisotopic (exact) mass is 271 g/mol. The van der Waals surface area contributed by atoms with E-state index in [9.17, 15) is 0 Å². The quantitative estimate of drug-likeness (QED) is 0.711. The van der Waals surface area contributed by atoms with Crippen LogP contribution in [0.4, 0.5) is 0 Å². The first-order chi connectivity index (χ1) is 9.24. The molecule has 0 fully saturated rings. The topological polar surface area (TPSA) is 54.8 Å². The van der Waals surface area contributed by atoms with Crippen LogP contribution in [-0.2, 0) is 6.54 Å². The summed E-state index contributed by atoms with van der Waals surface area (Å²) in [6.45, 7) is 2.80. The van der Waals surface area contributed by atoms with Crippen molar-refractivity contribution in [2.45, 2.75) is 13.5 Å². The van der Waals surface area contributed by atoms with Crippen molar-refractivity contribution >= 4 is 22.6 Å². The van der Waals surface area contributed by atoms with Crippen LogP contribution in [0.2, 0.25) is 5.22 Å². The van der Waals surface area contributed by atoms with E-state index in [1.807, 2.05) is 17.6 Å². The Morgan fingerprint density at radius 1 is 1.42 bits per heavy atom. The normalized spacial score (nSPS) is 10.8. The Hall–Kier alpha value is -2.25. The second-order valence-electron chi connectivity index (χ2n) is 4.10. The standard InChI is InChI=1S/C14H10ClN3O/c1-2-18-12-4-3-9(8-16)7-11(12)17-14(18)10-5-6-19-13(10)15/h3-7H,2H2,1H3. The third-order valence-electron chi connectivity index (χ3n) is 3.05. The van der Waals surface area contributed by atoms with Crippen LogP contribution in [0.1, 0.15) is 12.5 Å². The molecule has 19 heavy (non-hydrogen) atoms. The number of furan rings is 1.